The lowest BCUT2D eigenvalue weighted by Gasteiger charge is -2.20. The van der Waals surface area contributed by atoms with Gasteiger partial charge in [-0.25, -0.2) is 13.8 Å². The average Bonchev–Trinajstić information content (AvgIpc) is 2.55. The van der Waals surface area contributed by atoms with Crippen LogP contribution in [0.5, 0.6) is 5.75 Å². The molecule has 0 fully saturated rings. The summed E-state index contributed by atoms with van der Waals surface area (Å²) in [6, 6.07) is 7.01. The van der Waals surface area contributed by atoms with Crippen LogP contribution in [0.4, 0.5) is 8.78 Å². The Hall–Kier alpha value is -2.05. The van der Waals surface area contributed by atoms with Crippen molar-refractivity contribution in [1.82, 2.24) is 10.3 Å². The quantitative estimate of drug-likeness (QED) is 0.745. The van der Waals surface area contributed by atoms with Crippen LogP contribution < -0.4 is 10.1 Å². The van der Waals surface area contributed by atoms with Crippen molar-refractivity contribution in [1.29, 1.82) is 0 Å². The highest BCUT2D eigenvalue weighted by atomic mass is 19.1. The number of hydrogen-bond donors (Lipinski definition) is 2. The van der Waals surface area contributed by atoms with Crippen LogP contribution >= 0.6 is 0 Å². The molecule has 0 radical (unpaired) electrons. The Kier molecular flexibility index (Phi) is 7.06. The van der Waals surface area contributed by atoms with Crippen LogP contribution in [0.3, 0.4) is 0 Å². The van der Waals surface area contributed by atoms with E-state index in [-0.39, 0.29) is 36.9 Å². The smallest absolute Gasteiger partial charge is 0.146 e. The summed E-state index contributed by atoms with van der Waals surface area (Å²) < 4.78 is 33.6. The Bertz CT molecular complexity index is 736. The molecule has 0 saturated heterocycles. The first-order valence-electron chi connectivity index (χ1n) is 8.77. The summed E-state index contributed by atoms with van der Waals surface area (Å²) in [6.45, 7) is 7.79. The van der Waals surface area contributed by atoms with Crippen molar-refractivity contribution in [3.63, 3.8) is 0 Å². The van der Waals surface area contributed by atoms with Gasteiger partial charge in [-0.15, -0.1) is 0 Å². The SMILES string of the molecule is CC(C)Oc1cc(F)cc(-c2ccc(F)c(CN[C@@H](CO)C(C)C)n2)c1. The molecule has 2 aromatic rings. The van der Waals surface area contributed by atoms with Crippen LogP contribution in [0.15, 0.2) is 30.3 Å². The Labute approximate surface area is 153 Å². The van der Waals surface area contributed by atoms with Gasteiger partial charge < -0.3 is 15.2 Å². The van der Waals surface area contributed by atoms with E-state index < -0.39 is 11.6 Å². The molecule has 26 heavy (non-hydrogen) atoms. The summed E-state index contributed by atoms with van der Waals surface area (Å²) >= 11 is 0. The van der Waals surface area contributed by atoms with Crippen LogP contribution in [0.25, 0.3) is 11.3 Å². The highest BCUT2D eigenvalue weighted by Gasteiger charge is 2.14. The number of aromatic nitrogens is 1. The maximum atomic E-state index is 14.1. The second kappa shape index (κ2) is 9.05. The van der Waals surface area contributed by atoms with Gasteiger partial charge in [0, 0.05) is 24.2 Å². The number of benzene rings is 1. The zero-order valence-corrected chi connectivity index (χ0v) is 15.6. The third-order valence-corrected chi connectivity index (χ3v) is 3.99. The Morgan fingerprint density at radius 3 is 2.46 bits per heavy atom. The third kappa shape index (κ3) is 5.47. The van der Waals surface area contributed by atoms with Gasteiger partial charge >= 0.3 is 0 Å². The molecule has 0 aliphatic rings. The molecular weight excluding hydrogens is 338 g/mol. The van der Waals surface area contributed by atoms with Crippen molar-refractivity contribution in [2.75, 3.05) is 6.61 Å². The molecule has 6 heteroatoms. The number of ether oxygens (including phenoxy) is 1. The Balaban J connectivity index is 2.27. The number of hydrogen-bond acceptors (Lipinski definition) is 4. The Morgan fingerprint density at radius 1 is 1.12 bits per heavy atom. The van der Waals surface area contributed by atoms with Crippen molar-refractivity contribution in [2.24, 2.45) is 5.92 Å². The van der Waals surface area contributed by atoms with Gasteiger partial charge in [-0.3, -0.25) is 0 Å². The highest BCUT2D eigenvalue weighted by molar-refractivity contribution is 5.61. The molecule has 0 aliphatic carbocycles. The molecule has 0 amide bonds. The summed E-state index contributed by atoms with van der Waals surface area (Å²) in [7, 11) is 0. The first-order chi connectivity index (χ1) is 12.3. The van der Waals surface area contributed by atoms with E-state index in [0.29, 0.717) is 17.0 Å². The molecule has 0 unspecified atom stereocenters. The molecule has 2 N–H and O–H groups in total. The molecule has 1 atom stereocenters. The van der Waals surface area contributed by atoms with Crippen molar-refractivity contribution >= 4 is 0 Å². The van der Waals surface area contributed by atoms with Crippen molar-refractivity contribution < 1.29 is 18.6 Å². The molecule has 142 valence electrons. The van der Waals surface area contributed by atoms with Gasteiger partial charge in [-0.2, -0.15) is 0 Å². The minimum absolute atomic E-state index is 0.0429. The second-order valence-electron chi connectivity index (χ2n) is 6.88. The topological polar surface area (TPSA) is 54.4 Å². The van der Waals surface area contributed by atoms with Crippen LogP contribution in [0.1, 0.15) is 33.4 Å². The van der Waals surface area contributed by atoms with E-state index >= 15 is 0 Å². The maximum Gasteiger partial charge on any atom is 0.146 e. The van der Waals surface area contributed by atoms with Crippen molar-refractivity contribution in [3.8, 4) is 17.0 Å². The van der Waals surface area contributed by atoms with E-state index in [1.165, 1.54) is 24.3 Å². The number of rotatable bonds is 8. The fourth-order valence-corrected chi connectivity index (χ4v) is 2.56. The molecular formula is C20H26F2N2O2. The van der Waals surface area contributed by atoms with E-state index in [2.05, 4.69) is 10.3 Å². The Morgan fingerprint density at radius 2 is 1.85 bits per heavy atom. The number of halogens is 2. The molecule has 2 rings (SSSR count). The van der Waals surface area contributed by atoms with Gasteiger partial charge in [0.25, 0.3) is 0 Å². The fraction of sp³-hybridized carbons (Fsp3) is 0.450. The lowest BCUT2D eigenvalue weighted by Crippen LogP contribution is -2.36. The fourth-order valence-electron chi connectivity index (χ4n) is 2.56. The largest absolute Gasteiger partial charge is 0.491 e. The average molecular weight is 364 g/mol. The number of aliphatic hydroxyl groups excluding tert-OH is 1. The van der Waals surface area contributed by atoms with Crippen LogP contribution in [0.2, 0.25) is 0 Å². The van der Waals surface area contributed by atoms with Crippen molar-refractivity contribution in [2.45, 2.75) is 46.4 Å². The number of pyridine rings is 1. The highest BCUT2D eigenvalue weighted by Crippen LogP contribution is 2.26. The van der Waals surface area contributed by atoms with E-state index in [0.717, 1.165) is 0 Å². The zero-order chi connectivity index (χ0) is 19.3. The summed E-state index contributed by atoms with van der Waals surface area (Å²) in [5.41, 5.74) is 1.20. The molecule has 1 aromatic heterocycles. The zero-order valence-electron chi connectivity index (χ0n) is 15.6. The molecule has 1 heterocycles. The standard InChI is InChI=1S/C20H26F2N2O2/c1-12(2)20(11-25)23-10-19-17(22)5-6-18(24-19)14-7-15(21)9-16(8-14)26-13(3)4/h5-9,12-13,20,23,25H,10-11H2,1-4H3/t20-/m0/s1. The third-order valence-electron chi connectivity index (χ3n) is 3.99. The summed E-state index contributed by atoms with van der Waals surface area (Å²) in [6.07, 6.45) is -0.0861. The molecule has 0 spiro atoms. The van der Waals surface area contributed by atoms with E-state index in [9.17, 15) is 13.9 Å². The molecule has 0 bridgehead atoms. The van der Waals surface area contributed by atoms with E-state index in [1.54, 1.807) is 6.07 Å². The minimum atomic E-state index is -0.447. The van der Waals surface area contributed by atoms with E-state index in [1.807, 2.05) is 27.7 Å². The summed E-state index contributed by atoms with van der Waals surface area (Å²) in [5.74, 6) is -0.285. The predicted molar refractivity (Wildman–Crippen MR) is 97.9 cm³/mol. The lowest BCUT2D eigenvalue weighted by atomic mass is 10.1. The van der Waals surface area contributed by atoms with Gasteiger partial charge in [0.1, 0.15) is 17.4 Å². The number of nitrogens with one attached hydrogen (secondary N) is 1. The van der Waals surface area contributed by atoms with Crippen LogP contribution in [-0.4, -0.2) is 28.8 Å². The van der Waals surface area contributed by atoms with Gasteiger partial charge in [-0.1, -0.05) is 13.8 Å². The van der Waals surface area contributed by atoms with Gasteiger partial charge in [-0.05, 0) is 44.0 Å². The lowest BCUT2D eigenvalue weighted by molar-refractivity contribution is 0.209. The predicted octanol–water partition coefficient (Wildman–Crippen LogP) is 3.92. The normalized spacial score (nSPS) is 12.7. The molecule has 4 nitrogen and oxygen atoms in total. The van der Waals surface area contributed by atoms with Crippen molar-refractivity contribution in [3.05, 3.63) is 47.7 Å². The van der Waals surface area contributed by atoms with E-state index in [4.69, 9.17) is 4.74 Å². The molecule has 0 aliphatic heterocycles. The van der Waals surface area contributed by atoms with Gasteiger partial charge in [0.15, 0.2) is 0 Å². The monoisotopic (exact) mass is 364 g/mol. The second-order valence-corrected chi connectivity index (χ2v) is 6.88. The maximum absolute atomic E-state index is 14.1. The van der Waals surface area contributed by atoms with Gasteiger partial charge in [0.05, 0.1) is 24.1 Å². The van der Waals surface area contributed by atoms with Crippen LogP contribution in [-0.2, 0) is 6.54 Å². The summed E-state index contributed by atoms with van der Waals surface area (Å²) in [5, 5.41) is 12.5. The molecule has 0 saturated carbocycles. The van der Waals surface area contributed by atoms with Gasteiger partial charge in [0.2, 0.25) is 0 Å². The first-order valence-corrected chi connectivity index (χ1v) is 8.77. The first kappa shape index (κ1) is 20.3. The number of aliphatic hydroxyl groups is 1. The van der Waals surface area contributed by atoms with Crippen LogP contribution in [0, 0.1) is 17.6 Å². The minimum Gasteiger partial charge on any atom is -0.491 e. The number of nitrogens with zero attached hydrogens (tertiary/aromatic N) is 1. The molecule has 1 aromatic carbocycles. The summed E-state index contributed by atoms with van der Waals surface area (Å²) in [4.78, 5) is 4.33.